The summed E-state index contributed by atoms with van der Waals surface area (Å²) in [6, 6.07) is 4.03. The van der Waals surface area contributed by atoms with E-state index in [1.54, 1.807) is 0 Å². The standard InChI is InChI=1S/C13H15N3O6S/c1-8(17)14-6-10-7-15(13(18)22-10)9-3-4-12(23(2)21)11(5-9)16(19)20/h3-5,10H,6-7H2,1-2H3,(H,14,17). The molecule has 1 heterocycles. The van der Waals surface area contributed by atoms with E-state index in [1.165, 1.54) is 36.3 Å². The van der Waals surface area contributed by atoms with Gasteiger partial charge >= 0.3 is 6.09 Å². The predicted octanol–water partition coefficient (Wildman–Crippen LogP) is 0.794. The first-order chi connectivity index (χ1) is 10.8. The summed E-state index contributed by atoms with van der Waals surface area (Å²) in [5, 5.41) is 13.6. The first-order valence-corrected chi connectivity index (χ1v) is 8.20. The molecule has 1 fully saturated rings. The molecule has 1 aromatic rings. The molecule has 2 unspecified atom stereocenters. The van der Waals surface area contributed by atoms with Gasteiger partial charge in [0.25, 0.3) is 5.69 Å². The molecule has 1 N–H and O–H groups in total. The third kappa shape index (κ3) is 3.83. The second-order valence-electron chi connectivity index (χ2n) is 4.92. The van der Waals surface area contributed by atoms with Crippen LogP contribution >= 0.6 is 0 Å². The number of amides is 2. The summed E-state index contributed by atoms with van der Waals surface area (Å²) in [6.07, 6.45) is 0.153. The van der Waals surface area contributed by atoms with E-state index < -0.39 is 27.9 Å². The van der Waals surface area contributed by atoms with E-state index in [2.05, 4.69) is 5.32 Å². The van der Waals surface area contributed by atoms with Gasteiger partial charge in [-0.15, -0.1) is 0 Å². The van der Waals surface area contributed by atoms with Crippen LogP contribution in [0, 0.1) is 10.1 Å². The molecule has 2 amide bonds. The first-order valence-electron chi connectivity index (χ1n) is 6.64. The van der Waals surface area contributed by atoms with Crippen molar-refractivity contribution >= 4 is 34.2 Å². The normalized spacial score (nSPS) is 18.4. The Balaban J connectivity index is 2.23. The average molecular weight is 341 g/mol. The van der Waals surface area contributed by atoms with Crippen LogP contribution in [-0.2, 0) is 20.3 Å². The summed E-state index contributed by atoms with van der Waals surface area (Å²) in [5.74, 6) is -0.245. The van der Waals surface area contributed by atoms with Crippen LogP contribution in [0.1, 0.15) is 6.92 Å². The van der Waals surface area contributed by atoms with Crippen LogP contribution < -0.4 is 10.2 Å². The maximum absolute atomic E-state index is 11.9. The largest absolute Gasteiger partial charge is 0.442 e. The highest BCUT2D eigenvalue weighted by Crippen LogP contribution is 2.30. The minimum atomic E-state index is -1.52. The number of nitrogens with one attached hydrogen (secondary N) is 1. The Morgan fingerprint density at radius 1 is 1.57 bits per heavy atom. The molecule has 1 aliphatic rings. The van der Waals surface area contributed by atoms with Gasteiger partial charge in [0.1, 0.15) is 11.0 Å². The van der Waals surface area contributed by atoms with E-state index in [1.807, 2.05) is 0 Å². The van der Waals surface area contributed by atoms with Crippen LogP contribution in [-0.4, -0.2) is 46.6 Å². The molecule has 23 heavy (non-hydrogen) atoms. The van der Waals surface area contributed by atoms with E-state index in [4.69, 9.17) is 4.74 Å². The molecule has 0 bridgehead atoms. The molecule has 0 saturated carbocycles. The van der Waals surface area contributed by atoms with Gasteiger partial charge < -0.3 is 10.1 Å². The zero-order valence-electron chi connectivity index (χ0n) is 12.5. The monoisotopic (exact) mass is 341 g/mol. The Labute approximate surface area is 134 Å². The van der Waals surface area contributed by atoms with Crippen molar-refractivity contribution in [2.45, 2.75) is 17.9 Å². The number of nitrogens with zero attached hydrogens (tertiary/aromatic N) is 2. The minimum absolute atomic E-state index is 0.0844. The summed E-state index contributed by atoms with van der Waals surface area (Å²) < 4.78 is 16.6. The van der Waals surface area contributed by atoms with Gasteiger partial charge in [-0.1, -0.05) is 0 Å². The maximum Gasteiger partial charge on any atom is 0.414 e. The highest BCUT2D eigenvalue weighted by Gasteiger charge is 2.33. The number of carbonyl (C=O) groups excluding carboxylic acids is 2. The van der Waals surface area contributed by atoms with Crippen LogP contribution in [0.4, 0.5) is 16.2 Å². The topological polar surface area (TPSA) is 119 Å². The summed E-state index contributed by atoms with van der Waals surface area (Å²) in [5.41, 5.74) is -0.0392. The van der Waals surface area contributed by atoms with E-state index in [9.17, 15) is 23.9 Å². The van der Waals surface area contributed by atoms with E-state index in [-0.39, 0.29) is 35.3 Å². The summed E-state index contributed by atoms with van der Waals surface area (Å²) in [7, 11) is -1.52. The zero-order chi connectivity index (χ0) is 17.1. The lowest BCUT2D eigenvalue weighted by Crippen LogP contribution is -2.33. The molecule has 124 valence electrons. The molecule has 0 aromatic heterocycles. The van der Waals surface area contributed by atoms with Gasteiger partial charge in [-0.3, -0.25) is 24.0 Å². The van der Waals surface area contributed by atoms with Crippen molar-refractivity contribution in [3.63, 3.8) is 0 Å². The number of hydrogen-bond acceptors (Lipinski definition) is 6. The highest BCUT2D eigenvalue weighted by molar-refractivity contribution is 7.84. The molecule has 2 rings (SSSR count). The second kappa shape index (κ2) is 6.73. The van der Waals surface area contributed by atoms with Crippen molar-refractivity contribution < 1.29 is 23.5 Å². The Morgan fingerprint density at radius 2 is 2.26 bits per heavy atom. The molecule has 9 nitrogen and oxygen atoms in total. The number of nitro benzene ring substituents is 1. The van der Waals surface area contributed by atoms with Crippen LogP contribution in [0.3, 0.4) is 0 Å². The van der Waals surface area contributed by atoms with Gasteiger partial charge in [0.05, 0.1) is 34.5 Å². The van der Waals surface area contributed by atoms with Gasteiger partial charge in [0.15, 0.2) is 0 Å². The van der Waals surface area contributed by atoms with Crippen molar-refractivity contribution in [3.05, 3.63) is 28.3 Å². The summed E-state index contributed by atoms with van der Waals surface area (Å²) in [4.78, 5) is 34.6. The van der Waals surface area contributed by atoms with Gasteiger partial charge in [-0.25, -0.2) is 4.79 Å². The molecule has 1 aliphatic heterocycles. The van der Waals surface area contributed by atoms with Gasteiger partial charge in [-0.2, -0.15) is 0 Å². The van der Waals surface area contributed by atoms with Crippen LogP contribution in [0.5, 0.6) is 0 Å². The number of rotatable bonds is 5. The SMILES string of the molecule is CC(=O)NCC1CN(c2ccc(S(C)=O)c([N+](=O)[O-])c2)C(=O)O1. The number of benzene rings is 1. The molecule has 0 spiro atoms. The Morgan fingerprint density at radius 3 is 2.83 bits per heavy atom. The number of nitro groups is 1. The number of anilines is 1. The quantitative estimate of drug-likeness (QED) is 0.625. The van der Waals surface area contributed by atoms with Crippen LogP contribution in [0.15, 0.2) is 23.1 Å². The highest BCUT2D eigenvalue weighted by atomic mass is 32.2. The van der Waals surface area contributed by atoms with Gasteiger partial charge in [0, 0.05) is 19.2 Å². The van der Waals surface area contributed by atoms with Crippen molar-refractivity contribution in [2.24, 2.45) is 0 Å². The smallest absolute Gasteiger partial charge is 0.414 e. The van der Waals surface area contributed by atoms with Crippen molar-refractivity contribution in [1.29, 1.82) is 0 Å². The van der Waals surface area contributed by atoms with Gasteiger partial charge in [0.2, 0.25) is 5.91 Å². The fourth-order valence-electron chi connectivity index (χ4n) is 2.16. The van der Waals surface area contributed by atoms with E-state index in [0.717, 1.165) is 0 Å². The number of cyclic esters (lactones) is 1. The fraction of sp³-hybridized carbons (Fsp3) is 0.385. The summed E-state index contributed by atoms with van der Waals surface area (Å²) in [6.45, 7) is 1.67. The van der Waals surface area contributed by atoms with Crippen LogP contribution in [0.2, 0.25) is 0 Å². The number of ether oxygens (including phenoxy) is 1. The Kier molecular flexibility index (Phi) is 4.94. The number of hydrogen-bond donors (Lipinski definition) is 1. The fourth-order valence-corrected chi connectivity index (χ4v) is 2.84. The molecule has 0 aliphatic carbocycles. The molecule has 2 atom stereocenters. The van der Waals surface area contributed by atoms with Crippen molar-refractivity contribution in [2.75, 3.05) is 24.2 Å². The van der Waals surface area contributed by atoms with E-state index in [0.29, 0.717) is 0 Å². The van der Waals surface area contributed by atoms with Crippen molar-refractivity contribution in [3.8, 4) is 0 Å². The van der Waals surface area contributed by atoms with Crippen molar-refractivity contribution in [1.82, 2.24) is 5.32 Å². The Hall–Kier alpha value is -2.49. The van der Waals surface area contributed by atoms with Crippen LogP contribution in [0.25, 0.3) is 0 Å². The first kappa shape index (κ1) is 16.9. The molecular formula is C13H15N3O6S. The third-order valence-electron chi connectivity index (χ3n) is 3.21. The third-order valence-corrected chi connectivity index (χ3v) is 4.18. The number of carbonyl (C=O) groups is 2. The lowest BCUT2D eigenvalue weighted by atomic mass is 10.2. The average Bonchev–Trinajstić information content (AvgIpc) is 2.85. The second-order valence-corrected chi connectivity index (χ2v) is 6.26. The maximum atomic E-state index is 11.9. The molecular weight excluding hydrogens is 326 g/mol. The Bertz CT molecular complexity index is 692. The molecule has 1 saturated heterocycles. The minimum Gasteiger partial charge on any atom is -0.442 e. The molecule has 10 heteroatoms. The zero-order valence-corrected chi connectivity index (χ0v) is 13.3. The van der Waals surface area contributed by atoms with E-state index >= 15 is 0 Å². The van der Waals surface area contributed by atoms with Gasteiger partial charge in [-0.05, 0) is 12.1 Å². The molecule has 0 radical (unpaired) electrons. The summed E-state index contributed by atoms with van der Waals surface area (Å²) >= 11 is 0. The molecule has 1 aromatic carbocycles. The lowest BCUT2D eigenvalue weighted by molar-refractivity contribution is -0.387. The predicted molar refractivity (Wildman–Crippen MR) is 81.7 cm³/mol. The lowest BCUT2D eigenvalue weighted by Gasteiger charge is -2.13.